The van der Waals surface area contributed by atoms with Gasteiger partial charge in [-0.25, -0.2) is 0 Å². The second kappa shape index (κ2) is 4.10. The molecule has 0 spiro atoms. The molecule has 0 fully saturated rings. The zero-order valence-corrected chi connectivity index (χ0v) is 10.6. The Bertz CT molecular complexity index is 612. The van der Waals surface area contributed by atoms with Gasteiger partial charge in [-0.3, -0.25) is 14.7 Å². The molecule has 0 saturated heterocycles. The summed E-state index contributed by atoms with van der Waals surface area (Å²) in [6, 6.07) is 9.08. The second-order valence-corrected chi connectivity index (χ2v) is 4.73. The summed E-state index contributed by atoms with van der Waals surface area (Å²) in [4.78, 5) is 18.2. The molecule has 3 rings (SSSR count). The summed E-state index contributed by atoms with van der Waals surface area (Å²) in [7, 11) is 0. The minimum absolute atomic E-state index is 0.00201. The van der Waals surface area contributed by atoms with Gasteiger partial charge >= 0.3 is 0 Å². The van der Waals surface area contributed by atoms with Crippen LogP contribution < -0.4 is 4.90 Å². The van der Waals surface area contributed by atoms with Gasteiger partial charge in [0.2, 0.25) is 0 Å². The van der Waals surface area contributed by atoms with Crippen LogP contribution in [0.25, 0.3) is 0 Å². The zero-order chi connectivity index (χ0) is 12.7. The highest BCUT2D eigenvalue weighted by Crippen LogP contribution is 2.37. The number of nitrogens with zero attached hydrogens (tertiary/aromatic N) is 2. The monoisotopic (exact) mass is 258 g/mol. The maximum Gasteiger partial charge on any atom is 0.259 e. The van der Waals surface area contributed by atoms with Crippen molar-refractivity contribution in [3.63, 3.8) is 0 Å². The Hall–Kier alpha value is -1.87. The summed E-state index contributed by atoms with van der Waals surface area (Å²) in [5.74, 6) is 0.00201. The van der Waals surface area contributed by atoms with E-state index < -0.39 is 0 Å². The fraction of sp³-hybridized carbons (Fsp3) is 0.143. The summed E-state index contributed by atoms with van der Waals surface area (Å²) >= 11 is 5.99. The van der Waals surface area contributed by atoms with E-state index in [1.54, 1.807) is 29.4 Å². The molecule has 1 unspecified atom stereocenters. The van der Waals surface area contributed by atoms with Crippen LogP contribution in [0.3, 0.4) is 0 Å². The first-order valence-electron chi connectivity index (χ1n) is 5.71. The molecule has 0 bridgehead atoms. The van der Waals surface area contributed by atoms with Crippen molar-refractivity contribution in [2.75, 3.05) is 4.90 Å². The molecule has 18 heavy (non-hydrogen) atoms. The number of halogens is 1. The molecule has 0 radical (unpaired) electrons. The minimum Gasteiger partial charge on any atom is -0.300 e. The Morgan fingerprint density at radius 3 is 2.89 bits per heavy atom. The lowest BCUT2D eigenvalue weighted by atomic mass is 10.1. The fourth-order valence-corrected chi connectivity index (χ4v) is 2.54. The highest BCUT2D eigenvalue weighted by Gasteiger charge is 2.34. The minimum atomic E-state index is -0.0181. The molecule has 2 heterocycles. The molecule has 2 aromatic rings. The number of pyridine rings is 1. The third kappa shape index (κ3) is 1.59. The maximum atomic E-state index is 12.4. The van der Waals surface area contributed by atoms with Crippen molar-refractivity contribution in [3.8, 4) is 0 Å². The molecular weight excluding hydrogens is 248 g/mol. The van der Waals surface area contributed by atoms with Crippen LogP contribution in [0.2, 0.25) is 5.02 Å². The van der Waals surface area contributed by atoms with Gasteiger partial charge in [-0.05, 0) is 42.8 Å². The molecule has 1 aromatic heterocycles. The van der Waals surface area contributed by atoms with Crippen molar-refractivity contribution in [2.24, 2.45) is 0 Å². The summed E-state index contributed by atoms with van der Waals surface area (Å²) in [5, 5.41) is 0.654. The van der Waals surface area contributed by atoms with E-state index in [1.165, 1.54) is 0 Å². The van der Waals surface area contributed by atoms with Gasteiger partial charge in [-0.2, -0.15) is 0 Å². The van der Waals surface area contributed by atoms with Crippen molar-refractivity contribution in [1.82, 2.24) is 4.98 Å². The van der Waals surface area contributed by atoms with E-state index in [0.717, 1.165) is 16.8 Å². The molecule has 4 heteroatoms. The first-order chi connectivity index (χ1) is 8.68. The Morgan fingerprint density at radius 2 is 2.17 bits per heavy atom. The Labute approximate surface area is 110 Å². The quantitative estimate of drug-likeness (QED) is 0.785. The number of hydrogen-bond acceptors (Lipinski definition) is 2. The summed E-state index contributed by atoms with van der Waals surface area (Å²) < 4.78 is 0. The molecule has 1 atom stereocenters. The molecule has 0 N–H and O–H groups in total. The van der Waals surface area contributed by atoms with E-state index in [9.17, 15) is 4.79 Å². The maximum absolute atomic E-state index is 12.4. The molecular formula is C14H11ClN2O. The van der Waals surface area contributed by atoms with Gasteiger partial charge in [0.1, 0.15) is 0 Å². The van der Waals surface area contributed by atoms with Gasteiger partial charge < -0.3 is 0 Å². The van der Waals surface area contributed by atoms with Gasteiger partial charge in [0.15, 0.2) is 0 Å². The Kier molecular flexibility index (Phi) is 2.56. The van der Waals surface area contributed by atoms with Gasteiger partial charge in [0, 0.05) is 16.8 Å². The second-order valence-electron chi connectivity index (χ2n) is 4.29. The van der Waals surface area contributed by atoms with Crippen LogP contribution >= 0.6 is 11.6 Å². The van der Waals surface area contributed by atoms with Crippen molar-refractivity contribution >= 4 is 23.2 Å². The van der Waals surface area contributed by atoms with Crippen molar-refractivity contribution < 1.29 is 4.79 Å². The van der Waals surface area contributed by atoms with Crippen LogP contribution in [-0.2, 0) is 0 Å². The van der Waals surface area contributed by atoms with Crippen molar-refractivity contribution in [1.29, 1.82) is 0 Å². The first-order valence-corrected chi connectivity index (χ1v) is 6.09. The number of amides is 1. The molecule has 0 saturated carbocycles. The standard InChI is InChI=1S/C14H11ClN2O/c1-9-13-7-10(15)4-5-12(13)14(18)17(9)11-3-2-6-16-8-11/h2-9H,1H3. The normalized spacial score (nSPS) is 18.0. The molecule has 1 aliphatic rings. The number of anilines is 1. The predicted molar refractivity (Wildman–Crippen MR) is 70.9 cm³/mol. The van der Waals surface area contributed by atoms with Gasteiger partial charge in [-0.1, -0.05) is 11.6 Å². The highest BCUT2D eigenvalue weighted by atomic mass is 35.5. The number of carbonyl (C=O) groups excluding carboxylic acids is 1. The van der Waals surface area contributed by atoms with Crippen LogP contribution in [0.1, 0.15) is 28.9 Å². The topological polar surface area (TPSA) is 33.2 Å². The van der Waals surface area contributed by atoms with Gasteiger partial charge in [0.05, 0.1) is 17.9 Å². The number of hydrogen-bond donors (Lipinski definition) is 0. The van der Waals surface area contributed by atoms with E-state index in [4.69, 9.17) is 11.6 Å². The van der Waals surface area contributed by atoms with Crippen molar-refractivity contribution in [2.45, 2.75) is 13.0 Å². The van der Waals surface area contributed by atoms with E-state index in [0.29, 0.717) is 5.02 Å². The lowest BCUT2D eigenvalue weighted by molar-refractivity contribution is 0.0992. The number of fused-ring (bicyclic) bond motifs is 1. The molecule has 3 nitrogen and oxygen atoms in total. The van der Waals surface area contributed by atoms with Gasteiger partial charge in [0.25, 0.3) is 5.91 Å². The third-order valence-corrected chi connectivity index (χ3v) is 3.46. The van der Waals surface area contributed by atoms with E-state index in [2.05, 4.69) is 4.98 Å². The molecule has 1 aliphatic heterocycles. The largest absolute Gasteiger partial charge is 0.300 e. The van der Waals surface area contributed by atoms with E-state index in [1.807, 2.05) is 25.1 Å². The van der Waals surface area contributed by atoms with Gasteiger partial charge in [-0.15, -0.1) is 0 Å². The van der Waals surface area contributed by atoms with Crippen LogP contribution in [-0.4, -0.2) is 10.9 Å². The Morgan fingerprint density at radius 1 is 1.33 bits per heavy atom. The van der Waals surface area contributed by atoms with E-state index >= 15 is 0 Å². The average molecular weight is 259 g/mol. The summed E-state index contributed by atoms with van der Waals surface area (Å²) in [6.07, 6.45) is 3.39. The van der Waals surface area contributed by atoms with Crippen LogP contribution in [0.4, 0.5) is 5.69 Å². The molecule has 90 valence electrons. The average Bonchev–Trinajstić information content (AvgIpc) is 2.63. The smallest absolute Gasteiger partial charge is 0.259 e. The SMILES string of the molecule is CC1c2cc(Cl)ccc2C(=O)N1c1cccnc1. The zero-order valence-electron chi connectivity index (χ0n) is 9.80. The molecule has 1 aromatic carbocycles. The lowest BCUT2D eigenvalue weighted by Crippen LogP contribution is -2.26. The van der Waals surface area contributed by atoms with Crippen LogP contribution in [0.5, 0.6) is 0 Å². The number of carbonyl (C=O) groups is 1. The fourth-order valence-electron chi connectivity index (χ4n) is 2.36. The molecule has 0 aliphatic carbocycles. The summed E-state index contributed by atoms with van der Waals surface area (Å²) in [6.45, 7) is 1.99. The number of benzene rings is 1. The number of rotatable bonds is 1. The molecule has 1 amide bonds. The summed E-state index contributed by atoms with van der Waals surface area (Å²) in [5.41, 5.74) is 2.49. The van der Waals surface area contributed by atoms with Crippen LogP contribution in [0.15, 0.2) is 42.7 Å². The van der Waals surface area contributed by atoms with Crippen LogP contribution in [0, 0.1) is 0 Å². The first kappa shape index (κ1) is 11.2. The highest BCUT2D eigenvalue weighted by molar-refractivity contribution is 6.31. The third-order valence-electron chi connectivity index (χ3n) is 3.22. The predicted octanol–water partition coefficient (Wildman–Crippen LogP) is 3.46. The van der Waals surface area contributed by atoms with Crippen molar-refractivity contribution in [3.05, 3.63) is 58.9 Å². The lowest BCUT2D eigenvalue weighted by Gasteiger charge is -2.21. The van der Waals surface area contributed by atoms with E-state index in [-0.39, 0.29) is 11.9 Å². The Balaban J connectivity index is 2.10. The number of aromatic nitrogens is 1.